The van der Waals surface area contributed by atoms with Gasteiger partial charge < -0.3 is 4.74 Å². The molecule has 3 heterocycles. The zero-order valence-electron chi connectivity index (χ0n) is 16.4. The predicted octanol–water partition coefficient (Wildman–Crippen LogP) is 5.00. The summed E-state index contributed by atoms with van der Waals surface area (Å²) in [5, 5.41) is 2.85. The van der Waals surface area contributed by atoms with Crippen LogP contribution in [0.25, 0.3) is 44.2 Å². The van der Waals surface area contributed by atoms with Crippen LogP contribution in [0.4, 0.5) is 0 Å². The zero-order chi connectivity index (χ0) is 21.1. The number of fused-ring (bicyclic) bond motifs is 5. The molecule has 0 N–H and O–H groups in total. The maximum Gasteiger partial charge on any atom is 0.281 e. The number of halogens is 1. The minimum absolute atomic E-state index is 0.157. The van der Waals surface area contributed by atoms with Crippen molar-refractivity contribution in [2.45, 2.75) is 0 Å². The number of pyridine rings is 1. The number of aromatic nitrogens is 4. The summed E-state index contributed by atoms with van der Waals surface area (Å²) in [4.78, 5) is 23.3. The van der Waals surface area contributed by atoms with Crippen molar-refractivity contribution in [3.05, 3.63) is 88.2 Å². The van der Waals surface area contributed by atoms with Gasteiger partial charge in [0.05, 0.1) is 34.6 Å². The van der Waals surface area contributed by atoms with Crippen LogP contribution in [0, 0.1) is 0 Å². The quantitative estimate of drug-likeness (QED) is 0.391. The van der Waals surface area contributed by atoms with Crippen molar-refractivity contribution in [3.8, 4) is 11.4 Å². The van der Waals surface area contributed by atoms with E-state index >= 15 is 0 Å². The molecular formula is C24H15ClN4O2. The zero-order valence-corrected chi connectivity index (χ0v) is 17.2. The van der Waals surface area contributed by atoms with E-state index in [1.807, 2.05) is 54.6 Å². The average Bonchev–Trinajstić information content (AvgIpc) is 3.11. The molecule has 3 aromatic carbocycles. The fourth-order valence-corrected chi connectivity index (χ4v) is 4.12. The Hall–Kier alpha value is -3.90. The van der Waals surface area contributed by atoms with Gasteiger partial charge in [-0.05, 0) is 60.7 Å². The van der Waals surface area contributed by atoms with Gasteiger partial charge in [-0.2, -0.15) is 4.52 Å². The highest BCUT2D eigenvalue weighted by Crippen LogP contribution is 2.29. The van der Waals surface area contributed by atoms with Crippen molar-refractivity contribution in [2.24, 2.45) is 0 Å². The molecule has 6 rings (SSSR count). The Morgan fingerprint density at radius 2 is 1.61 bits per heavy atom. The van der Waals surface area contributed by atoms with Gasteiger partial charge in [0.25, 0.3) is 5.56 Å². The van der Waals surface area contributed by atoms with E-state index in [-0.39, 0.29) is 5.56 Å². The highest BCUT2D eigenvalue weighted by Gasteiger charge is 2.19. The Balaban J connectivity index is 1.86. The molecule has 0 bridgehead atoms. The van der Waals surface area contributed by atoms with E-state index in [0.717, 1.165) is 27.7 Å². The molecule has 0 unspecified atom stereocenters. The summed E-state index contributed by atoms with van der Waals surface area (Å²) in [7, 11) is 1.63. The van der Waals surface area contributed by atoms with Gasteiger partial charge in [-0.25, -0.2) is 14.6 Å². The lowest BCUT2D eigenvalue weighted by molar-refractivity contribution is 0.415. The standard InChI is InChI=1S/C24H15ClN4O2/c1-31-17-10-11-20-14(12-17)13-19-22(26-20)28(16-8-6-15(25)7-9-16)29-23(19)27-21-5-3-2-4-18(21)24(29)30/h2-13H,1H3. The van der Waals surface area contributed by atoms with Crippen LogP contribution in [0.1, 0.15) is 0 Å². The fraction of sp³-hybridized carbons (Fsp3) is 0.0417. The first-order chi connectivity index (χ1) is 15.1. The monoisotopic (exact) mass is 426 g/mol. The van der Waals surface area contributed by atoms with Crippen LogP contribution < -0.4 is 10.3 Å². The molecule has 0 spiro atoms. The highest BCUT2D eigenvalue weighted by molar-refractivity contribution is 6.30. The van der Waals surface area contributed by atoms with Crippen molar-refractivity contribution in [3.63, 3.8) is 0 Å². The lowest BCUT2D eigenvalue weighted by Crippen LogP contribution is -2.20. The summed E-state index contributed by atoms with van der Waals surface area (Å²) >= 11 is 6.11. The second-order valence-corrected chi connectivity index (χ2v) is 7.71. The van der Waals surface area contributed by atoms with Crippen molar-refractivity contribution >= 4 is 50.1 Å². The molecule has 150 valence electrons. The Bertz CT molecular complexity index is 1700. The SMILES string of the molecule is COc1ccc2nc3c(cc2c1)c1nc2ccccc2c(=O)n1n3-c1ccc(Cl)cc1. The van der Waals surface area contributed by atoms with Crippen LogP contribution in [0.15, 0.2) is 77.6 Å². The smallest absolute Gasteiger partial charge is 0.281 e. The normalized spacial score (nSPS) is 11.7. The van der Waals surface area contributed by atoms with Crippen molar-refractivity contribution in [2.75, 3.05) is 7.11 Å². The van der Waals surface area contributed by atoms with E-state index in [0.29, 0.717) is 27.2 Å². The third kappa shape index (κ3) is 2.62. The number of nitrogens with zero attached hydrogens (tertiary/aromatic N) is 4. The van der Waals surface area contributed by atoms with E-state index in [1.165, 1.54) is 0 Å². The third-order valence-corrected chi connectivity index (χ3v) is 5.72. The molecule has 0 saturated heterocycles. The van der Waals surface area contributed by atoms with Crippen LogP contribution in [0.5, 0.6) is 5.75 Å². The number of hydrogen-bond donors (Lipinski definition) is 0. The molecule has 0 aliphatic heterocycles. The van der Waals surface area contributed by atoms with Gasteiger partial charge in [-0.1, -0.05) is 23.7 Å². The molecule has 7 heteroatoms. The van der Waals surface area contributed by atoms with E-state index in [4.69, 9.17) is 26.3 Å². The molecule has 0 radical (unpaired) electrons. The second kappa shape index (κ2) is 6.55. The molecule has 0 amide bonds. The van der Waals surface area contributed by atoms with Crippen LogP contribution in [0.3, 0.4) is 0 Å². The van der Waals surface area contributed by atoms with Gasteiger partial charge in [0.2, 0.25) is 0 Å². The van der Waals surface area contributed by atoms with Gasteiger partial charge in [-0.15, -0.1) is 0 Å². The molecular weight excluding hydrogens is 412 g/mol. The van der Waals surface area contributed by atoms with Crippen molar-refractivity contribution in [1.29, 1.82) is 0 Å². The molecule has 0 fully saturated rings. The summed E-state index contributed by atoms with van der Waals surface area (Å²) in [6, 6.07) is 22.4. The summed E-state index contributed by atoms with van der Waals surface area (Å²) in [5.74, 6) is 0.741. The molecule has 0 saturated carbocycles. The third-order valence-electron chi connectivity index (χ3n) is 5.47. The molecule has 6 aromatic rings. The molecule has 31 heavy (non-hydrogen) atoms. The summed E-state index contributed by atoms with van der Waals surface area (Å²) in [6.07, 6.45) is 0. The van der Waals surface area contributed by atoms with Crippen molar-refractivity contribution < 1.29 is 4.74 Å². The van der Waals surface area contributed by atoms with E-state index < -0.39 is 0 Å². The summed E-state index contributed by atoms with van der Waals surface area (Å²) in [5.41, 5.74) is 3.24. The predicted molar refractivity (Wildman–Crippen MR) is 123 cm³/mol. The second-order valence-electron chi connectivity index (χ2n) is 7.28. The minimum atomic E-state index is -0.157. The summed E-state index contributed by atoms with van der Waals surface area (Å²) in [6.45, 7) is 0. The lowest BCUT2D eigenvalue weighted by Gasteiger charge is -2.08. The number of methoxy groups -OCH3 is 1. The van der Waals surface area contributed by atoms with Gasteiger partial charge in [0, 0.05) is 10.4 Å². The summed E-state index contributed by atoms with van der Waals surface area (Å²) < 4.78 is 8.75. The van der Waals surface area contributed by atoms with E-state index in [2.05, 4.69) is 0 Å². The van der Waals surface area contributed by atoms with Crippen LogP contribution >= 0.6 is 11.6 Å². The van der Waals surface area contributed by atoms with E-state index in [1.54, 1.807) is 34.5 Å². The fourth-order valence-electron chi connectivity index (χ4n) is 4.00. The highest BCUT2D eigenvalue weighted by atomic mass is 35.5. The average molecular weight is 427 g/mol. The van der Waals surface area contributed by atoms with Crippen molar-refractivity contribution in [1.82, 2.24) is 19.2 Å². The Labute approximate surface area is 180 Å². The first-order valence-electron chi connectivity index (χ1n) is 9.71. The molecule has 0 atom stereocenters. The Kier molecular flexibility index (Phi) is 3.79. The number of benzene rings is 3. The maximum atomic E-state index is 13.5. The van der Waals surface area contributed by atoms with E-state index in [9.17, 15) is 4.79 Å². The largest absolute Gasteiger partial charge is 0.497 e. The van der Waals surface area contributed by atoms with Gasteiger partial charge in [-0.3, -0.25) is 4.79 Å². The van der Waals surface area contributed by atoms with Crippen LogP contribution in [-0.4, -0.2) is 26.3 Å². The topological polar surface area (TPSA) is 61.4 Å². The first kappa shape index (κ1) is 17.9. The molecule has 0 aliphatic rings. The number of para-hydroxylation sites is 1. The molecule has 6 nitrogen and oxygen atoms in total. The van der Waals surface area contributed by atoms with Crippen LogP contribution in [-0.2, 0) is 0 Å². The Morgan fingerprint density at radius 3 is 2.42 bits per heavy atom. The number of rotatable bonds is 2. The Morgan fingerprint density at radius 1 is 0.839 bits per heavy atom. The number of hydrogen-bond acceptors (Lipinski definition) is 4. The van der Waals surface area contributed by atoms with Crippen LogP contribution in [0.2, 0.25) is 5.02 Å². The van der Waals surface area contributed by atoms with Gasteiger partial charge >= 0.3 is 0 Å². The maximum absolute atomic E-state index is 13.5. The first-order valence-corrected chi connectivity index (χ1v) is 10.1. The lowest BCUT2D eigenvalue weighted by atomic mass is 10.1. The minimum Gasteiger partial charge on any atom is -0.497 e. The van der Waals surface area contributed by atoms with Gasteiger partial charge in [0.1, 0.15) is 5.75 Å². The van der Waals surface area contributed by atoms with Gasteiger partial charge in [0.15, 0.2) is 11.3 Å². The molecule has 0 aliphatic carbocycles. The number of ether oxygens (including phenoxy) is 1. The molecule has 3 aromatic heterocycles.